The summed E-state index contributed by atoms with van der Waals surface area (Å²) in [5, 5.41) is 8.25. The maximum Gasteiger partial charge on any atom is 0.228 e. The van der Waals surface area contributed by atoms with E-state index in [1.165, 1.54) is 6.07 Å². The van der Waals surface area contributed by atoms with Crippen molar-refractivity contribution in [1.29, 1.82) is 0 Å². The van der Waals surface area contributed by atoms with Crippen molar-refractivity contribution in [2.75, 3.05) is 5.32 Å². The third kappa shape index (κ3) is 4.82. The highest BCUT2D eigenvalue weighted by atomic mass is 19.1. The molecule has 7 heteroatoms. The van der Waals surface area contributed by atoms with E-state index in [0.717, 1.165) is 29.4 Å². The Balaban J connectivity index is 0.000000354. The molecule has 1 N–H and O–H groups in total. The van der Waals surface area contributed by atoms with Crippen LogP contribution in [0.4, 0.5) is 10.2 Å². The zero-order valence-corrected chi connectivity index (χ0v) is 18.4. The van der Waals surface area contributed by atoms with E-state index >= 15 is 0 Å². The van der Waals surface area contributed by atoms with Gasteiger partial charge in [-0.1, -0.05) is 13.3 Å². The molecular weight excluding hydrogens is 405 g/mol. The van der Waals surface area contributed by atoms with Crippen molar-refractivity contribution in [3.8, 4) is 11.1 Å². The zero-order valence-electron chi connectivity index (χ0n) is 18.4. The number of carbonyl (C=O) groups is 1. The first-order valence-corrected chi connectivity index (χ1v) is 10.7. The SMILES string of the molecule is CCC1CC1C(=O)Nc1cc2cc(-c3cnccc3C)c(F)cc2cn1.Cn1cccn1. The van der Waals surface area contributed by atoms with Crippen LogP contribution in [0.25, 0.3) is 21.9 Å². The molecule has 0 bridgehead atoms. The predicted molar refractivity (Wildman–Crippen MR) is 123 cm³/mol. The van der Waals surface area contributed by atoms with Gasteiger partial charge in [0, 0.05) is 60.5 Å². The van der Waals surface area contributed by atoms with Crippen LogP contribution in [0.3, 0.4) is 0 Å². The van der Waals surface area contributed by atoms with Crippen molar-refractivity contribution < 1.29 is 9.18 Å². The number of benzene rings is 1. The molecule has 3 heterocycles. The van der Waals surface area contributed by atoms with Crippen LogP contribution in [0, 0.1) is 24.6 Å². The van der Waals surface area contributed by atoms with Crippen LogP contribution in [0.15, 0.2) is 61.3 Å². The number of rotatable bonds is 4. The molecule has 0 aliphatic heterocycles. The number of hydrogen-bond donors (Lipinski definition) is 1. The van der Waals surface area contributed by atoms with Gasteiger partial charge >= 0.3 is 0 Å². The van der Waals surface area contributed by atoms with E-state index in [9.17, 15) is 9.18 Å². The molecule has 2 atom stereocenters. The summed E-state index contributed by atoms with van der Waals surface area (Å²) in [6, 6.07) is 8.81. The summed E-state index contributed by atoms with van der Waals surface area (Å²) >= 11 is 0. The van der Waals surface area contributed by atoms with Crippen LogP contribution in [0.2, 0.25) is 0 Å². The molecule has 1 fully saturated rings. The standard InChI is InChI=1S/C21H20FN3O.C4H6N2/c1-3-13-6-16(13)21(26)25-20-9-14-7-17(18-11-23-5-4-12(18)2)19(22)8-15(14)10-24-20;1-6-4-2-3-5-6/h4-5,7-11,13,16H,3,6H2,1-2H3,(H,24,25,26);2-4H,1H3. The number of fused-ring (bicyclic) bond motifs is 1. The topological polar surface area (TPSA) is 72.7 Å². The Morgan fingerprint density at radius 3 is 2.66 bits per heavy atom. The number of pyridine rings is 2. The average molecular weight is 432 g/mol. The van der Waals surface area contributed by atoms with E-state index < -0.39 is 0 Å². The van der Waals surface area contributed by atoms with Crippen molar-refractivity contribution in [2.45, 2.75) is 26.7 Å². The molecule has 1 amide bonds. The molecule has 1 aliphatic rings. The van der Waals surface area contributed by atoms with Crippen molar-refractivity contribution in [1.82, 2.24) is 19.7 Å². The summed E-state index contributed by atoms with van der Waals surface area (Å²) < 4.78 is 16.3. The van der Waals surface area contributed by atoms with Gasteiger partial charge < -0.3 is 5.32 Å². The zero-order chi connectivity index (χ0) is 22.7. The van der Waals surface area contributed by atoms with Gasteiger partial charge in [-0.05, 0) is 60.5 Å². The Bertz CT molecular complexity index is 1240. The molecule has 1 saturated carbocycles. The minimum atomic E-state index is -0.309. The maximum atomic E-state index is 14.6. The van der Waals surface area contributed by atoms with E-state index in [-0.39, 0.29) is 17.6 Å². The molecule has 3 aromatic heterocycles. The Kier molecular flexibility index (Phi) is 6.25. The number of aryl methyl sites for hydroxylation is 2. The average Bonchev–Trinajstić information content (AvgIpc) is 3.44. The fourth-order valence-electron chi connectivity index (χ4n) is 3.77. The lowest BCUT2D eigenvalue weighted by atomic mass is 9.99. The molecule has 0 saturated heterocycles. The molecule has 164 valence electrons. The van der Waals surface area contributed by atoms with Crippen molar-refractivity contribution >= 4 is 22.5 Å². The lowest BCUT2D eigenvalue weighted by Crippen LogP contribution is -2.15. The minimum absolute atomic E-state index is 0.0224. The second-order valence-electron chi connectivity index (χ2n) is 8.12. The van der Waals surface area contributed by atoms with Gasteiger partial charge in [0.2, 0.25) is 5.91 Å². The summed E-state index contributed by atoms with van der Waals surface area (Å²) in [6.07, 6.45) is 10.6. The molecule has 1 aliphatic carbocycles. The number of aromatic nitrogens is 4. The summed E-state index contributed by atoms with van der Waals surface area (Å²) in [5.41, 5.74) is 2.22. The van der Waals surface area contributed by atoms with Gasteiger partial charge in [0.05, 0.1) is 0 Å². The summed E-state index contributed by atoms with van der Waals surface area (Å²) in [5.74, 6) is 0.804. The first-order chi connectivity index (χ1) is 15.5. The number of carbonyl (C=O) groups excluding carboxylic acids is 1. The van der Waals surface area contributed by atoms with E-state index in [2.05, 4.69) is 27.3 Å². The second-order valence-corrected chi connectivity index (χ2v) is 8.12. The van der Waals surface area contributed by atoms with Gasteiger partial charge in [-0.2, -0.15) is 5.10 Å². The highest BCUT2D eigenvalue weighted by Gasteiger charge is 2.41. The Labute approximate surface area is 186 Å². The summed E-state index contributed by atoms with van der Waals surface area (Å²) in [4.78, 5) is 20.6. The normalized spacial score (nSPS) is 16.9. The lowest BCUT2D eigenvalue weighted by Gasteiger charge is -2.10. The lowest BCUT2D eigenvalue weighted by molar-refractivity contribution is -0.117. The van der Waals surface area contributed by atoms with Gasteiger partial charge in [0.15, 0.2) is 0 Å². The first-order valence-electron chi connectivity index (χ1n) is 10.7. The first kappa shape index (κ1) is 21.6. The monoisotopic (exact) mass is 431 g/mol. The summed E-state index contributed by atoms with van der Waals surface area (Å²) in [7, 11) is 1.89. The molecule has 1 aromatic carbocycles. The number of hydrogen-bond acceptors (Lipinski definition) is 4. The Morgan fingerprint density at radius 2 is 2.03 bits per heavy atom. The number of halogens is 1. The van der Waals surface area contributed by atoms with Crippen LogP contribution in [-0.2, 0) is 11.8 Å². The van der Waals surface area contributed by atoms with Crippen molar-refractivity contribution in [2.24, 2.45) is 18.9 Å². The molecule has 5 rings (SSSR count). The van der Waals surface area contributed by atoms with E-state index in [0.29, 0.717) is 22.7 Å². The van der Waals surface area contributed by atoms with Crippen molar-refractivity contribution in [3.05, 3.63) is 72.7 Å². The number of nitrogens with zero attached hydrogens (tertiary/aromatic N) is 4. The molecule has 0 radical (unpaired) electrons. The van der Waals surface area contributed by atoms with Gasteiger partial charge in [-0.3, -0.25) is 14.5 Å². The highest BCUT2D eigenvalue weighted by Crippen LogP contribution is 2.41. The highest BCUT2D eigenvalue weighted by molar-refractivity contribution is 5.96. The van der Waals surface area contributed by atoms with Crippen molar-refractivity contribution in [3.63, 3.8) is 0 Å². The third-order valence-electron chi connectivity index (χ3n) is 5.81. The van der Waals surface area contributed by atoms with Crippen LogP contribution in [0.1, 0.15) is 25.3 Å². The fourth-order valence-corrected chi connectivity index (χ4v) is 3.77. The van der Waals surface area contributed by atoms with Gasteiger partial charge in [0.25, 0.3) is 0 Å². The molecule has 6 nitrogen and oxygen atoms in total. The Hall–Kier alpha value is -3.61. The van der Waals surface area contributed by atoms with E-state index in [1.54, 1.807) is 41.6 Å². The summed E-state index contributed by atoms with van der Waals surface area (Å²) in [6.45, 7) is 4.03. The quantitative estimate of drug-likeness (QED) is 0.485. The minimum Gasteiger partial charge on any atom is -0.310 e. The smallest absolute Gasteiger partial charge is 0.228 e. The fraction of sp³-hybridized carbons (Fsp3) is 0.280. The molecular formula is C25H26FN5O. The second kappa shape index (κ2) is 9.26. The van der Waals surface area contributed by atoms with Crippen LogP contribution in [0.5, 0.6) is 0 Å². The van der Waals surface area contributed by atoms with E-state index in [1.807, 2.05) is 32.3 Å². The molecule has 4 aromatic rings. The Morgan fingerprint density at radius 1 is 1.19 bits per heavy atom. The third-order valence-corrected chi connectivity index (χ3v) is 5.81. The van der Waals surface area contributed by atoms with E-state index in [4.69, 9.17) is 0 Å². The molecule has 0 spiro atoms. The number of anilines is 1. The van der Waals surface area contributed by atoms with Crippen LogP contribution < -0.4 is 5.32 Å². The van der Waals surface area contributed by atoms with Crippen LogP contribution >= 0.6 is 0 Å². The molecule has 32 heavy (non-hydrogen) atoms. The number of nitrogens with one attached hydrogen (secondary N) is 1. The molecule has 2 unspecified atom stereocenters. The predicted octanol–water partition coefficient (Wildman–Crippen LogP) is 5.15. The van der Waals surface area contributed by atoms with Crippen LogP contribution in [-0.4, -0.2) is 25.7 Å². The maximum absolute atomic E-state index is 14.6. The van der Waals surface area contributed by atoms with Gasteiger partial charge in [-0.25, -0.2) is 9.37 Å². The number of amides is 1. The largest absolute Gasteiger partial charge is 0.310 e. The van der Waals surface area contributed by atoms with Gasteiger partial charge in [0.1, 0.15) is 11.6 Å². The van der Waals surface area contributed by atoms with Gasteiger partial charge in [-0.15, -0.1) is 0 Å².